The lowest BCUT2D eigenvalue weighted by Gasteiger charge is -2.24. The summed E-state index contributed by atoms with van der Waals surface area (Å²) in [7, 11) is 0. The number of aryl methyl sites for hydroxylation is 1. The van der Waals surface area contributed by atoms with Crippen molar-refractivity contribution in [2.75, 3.05) is 12.3 Å². The Morgan fingerprint density at radius 3 is 3.09 bits per heavy atom. The highest BCUT2D eigenvalue weighted by atomic mass is 32.1. The van der Waals surface area contributed by atoms with Gasteiger partial charge in [-0.15, -0.1) is 11.3 Å². The molecule has 22 heavy (non-hydrogen) atoms. The van der Waals surface area contributed by atoms with Crippen LogP contribution in [-0.4, -0.2) is 21.4 Å². The van der Waals surface area contributed by atoms with Crippen LogP contribution in [0.2, 0.25) is 0 Å². The largest absolute Gasteiger partial charge is 0.384 e. The number of hydrogen-bond donors (Lipinski definition) is 1. The van der Waals surface area contributed by atoms with E-state index in [0.717, 1.165) is 35.5 Å². The molecule has 0 radical (unpaired) electrons. The molecule has 3 aromatic heterocycles. The number of nitrogen functional groups attached to an aromatic ring is 1. The molecule has 4 heterocycles. The molecule has 0 aromatic carbocycles. The summed E-state index contributed by atoms with van der Waals surface area (Å²) in [5, 5.41) is 4.48. The SMILES string of the molecule is Cc1cc(N)nc2cc(-c3ccnn3C3CCCCO3)sc12. The van der Waals surface area contributed by atoms with E-state index in [2.05, 4.69) is 23.1 Å². The highest BCUT2D eigenvalue weighted by Crippen LogP contribution is 2.36. The Morgan fingerprint density at radius 2 is 2.27 bits per heavy atom. The Balaban J connectivity index is 1.79. The lowest BCUT2D eigenvalue weighted by molar-refractivity contribution is -0.0383. The molecule has 1 atom stereocenters. The Morgan fingerprint density at radius 1 is 1.36 bits per heavy atom. The molecule has 1 aliphatic rings. The number of anilines is 1. The quantitative estimate of drug-likeness (QED) is 0.782. The summed E-state index contributed by atoms with van der Waals surface area (Å²) in [6, 6.07) is 6.06. The predicted octanol–water partition coefficient (Wildman–Crippen LogP) is 3.75. The van der Waals surface area contributed by atoms with Crippen LogP contribution < -0.4 is 5.73 Å². The standard InChI is InChI=1S/C16H18N4OS/c1-10-8-14(17)19-11-9-13(22-16(10)11)12-5-6-18-20(12)15-4-2-3-7-21-15/h5-6,8-9,15H,2-4,7H2,1H3,(H2,17,19). The van der Waals surface area contributed by atoms with Crippen molar-refractivity contribution in [3.8, 4) is 10.6 Å². The number of fused-ring (bicyclic) bond motifs is 1. The zero-order chi connectivity index (χ0) is 15.1. The molecule has 114 valence electrons. The number of nitrogens with zero attached hydrogens (tertiary/aromatic N) is 3. The molecule has 0 amide bonds. The minimum atomic E-state index is 0.0445. The van der Waals surface area contributed by atoms with Gasteiger partial charge in [-0.1, -0.05) is 0 Å². The van der Waals surface area contributed by atoms with Crippen molar-refractivity contribution in [1.82, 2.24) is 14.8 Å². The molecular formula is C16H18N4OS. The van der Waals surface area contributed by atoms with Crippen LogP contribution in [0.5, 0.6) is 0 Å². The summed E-state index contributed by atoms with van der Waals surface area (Å²) < 4.78 is 9.06. The first-order valence-electron chi connectivity index (χ1n) is 7.54. The minimum Gasteiger partial charge on any atom is -0.384 e. The Bertz CT molecular complexity index is 817. The topological polar surface area (TPSA) is 66.0 Å². The molecule has 6 heteroatoms. The molecule has 1 fully saturated rings. The van der Waals surface area contributed by atoms with E-state index in [-0.39, 0.29) is 6.23 Å². The normalized spacial score (nSPS) is 18.9. The molecule has 0 saturated carbocycles. The Kier molecular flexibility index (Phi) is 3.35. The van der Waals surface area contributed by atoms with Gasteiger partial charge < -0.3 is 10.5 Å². The van der Waals surface area contributed by atoms with Crippen molar-refractivity contribution < 1.29 is 4.74 Å². The maximum atomic E-state index is 5.87. The summed E-state index contributed by atoms with van der Waals surface area (Å²) in [4.78, 5) is 5.59. The van der Waals surface area contributed by atoms with Crippen LogP contribution in [0.3, 0.4) is 0 Å². The van der Waals surface area contributed by atoms with E-state index in [9.17, 15) is 0 Å². The highest BCUT2D eigenvalue weighted by molar-refractivity contribution is 7.22. The van der Waals surface area contributed by atoms with Crippen LogP contribution in [0.1, 0.15) is 31.1 Å². The fourth-order valence-electron chi connectivity index (χ4n) is 2.99. The Hall–Kier alpha value is -1.92. The van der Waals surface area contributed by atoms with Crippen molar-refractivity contribution in [2.24, 2.45) is 0 Å². The summed E-state index contributed by atoms with van der Waals surface area (Å²) >= 11 is 1.73. The van der Waals surface area contributed by atoms with Crippen LogP contribution in [0.4, 0.5) is 5.82 Å². The Labute approximate surface area is 132 Å². The zero-order valence-corrected chi connectivity index (χ0v) is 13.3. The maximum absolute atomic E-state index is 5.87. The third kappa shape index (κ3) is 2.28. The summed E-state index contributed by atoms with van der Waals surface area (Å²) in [6.07, 6.45) is 5.23. The number of thiophene rings is 1. The molecule has 2 N–H and O–H groups in total. The van der Waals surface area contributed by atoms with Gasteiger partial charge in [0, 0.05) is 12.8 Å². The van der Waals surface area contributed by atoms with Crippen molar-refractivity contribution in [3.63, 3.8) is 0 Å². The first kappa shape index (κ1) is 13.7. The summed E-state index contributed by atoms with van der Waals surface area (Å²) in [5.41, 5.74) is 9.07. The van der Waals surface area contributed by atoms with Crippen LogP contribution in [0.25, 0.3) is 20.8 Å². The molecule has 5 nitrogen and oxygen atoms in total. The van der Waals surface area contributed by atoms with Gasteiger partial charge in [0.2, 0.25) is 0 Å². The van der Waals surface area contributed by atoms with Gasteiger partial charge in [0.1, 0.15) is 5.82 Å². The number of ether oxygens (including phenoxy) is 1. The smallest absolute Gasteiger partial charge is 0.150 e. The van der Waals surface area contributed by atoms with E-state index in [1.807, 2.05) is 23.0 Å². The van der Waals surface area contributed by atoms with E-state index in [4.69, 9.17) is 10.5 Å². The van der Waals surface area contributed by atoms with Crippen molar-refractivity contribution in [3.05, 3.63) is 30.0 Å². The lowest BCUT2D eigenvalue weighted by Crippen LogP contribution is -2.19. The third-order valence-electron chi connectivity index (χ3n) is 4.04. The maximum Gasteiger partial charge on any atom is 0.150 e. The first-order valence-corrected chi connectivity index (χ1v) is 8.36. The average Bonchev–Trinajstić information content (AvgIpc) is 3.13. The summed E-state index contributed by atoms with van der Waals surface area (Å²) in [5.74, 6) is 0.568. The van der Waals surface area contributed by atoms with Crippen LogP contribution in [0, 0.1) is 6.92 Å². The van der Waals surface area contributed by atoms with E-state index < -0.39 is 0 Å². The van der Waals surface area contributed by atoms with E-state index in [1.165, 1.54) is 16.7 Å². The van der Waals surface area contributed by atoms with Gasteiger partial charge >= 0.3 is 0 Å². The molecule has 0 spiro atoms. The fraction of sp³-hybridized carbons (Fsp3) is 0.375. The number of rotatable bonds is 2. The van der Waals surface area contributed by atoms with Gasteiger partial charge in [0.15, 0.2) is 6.23 Å². The molecular weight excluding hydrogens is 296 g/mol. The molecule has 3 aromatic rings. The van der Waals surface area contributed by atoms with Crippen molar-refractivity contribution >= 4 is 27.4 Å². The van der Waals surface area contributed by atoms with E-state index >= 15 is 0 Å². The third-order valence-corrected chi connectivity index (χ3v) is 5.32. The molecule has 1 saturated heterocycles. The second-order valence-electron chi connectivity index (χ2n) is 5.67. The molecule has 0 aliphatic carbocycles. The monoisotopic (exact) mass is 314 g/mol. The highest BCUT2D eigenvalue weighted by Gasteiger charge is 2.20. The van der Waals surface area contributed by atoms with Gasteiger partial charge in [-0.25, -0.2) is 9.67 Å². The van der Waals surface area contributed by atoms with Gasteiger partial charge in [0.05, 0.1) is 20.8 Å². The fourth-order valence-corrected chi connectivity index (χ4v) is 4.07. The molecule has 1 aliphatic heterocycles. The van der Waals surface area contributed by atoms with Gasteiger partial charge in [-0.3, -0.25) is 0 Å². The average molecular weight is 314 g/mol. The van der Waals surface area contributed by atoms with E-state index in [1.54, 1.807) is 11.3 Å². The summed E-state index contributed by atoms with van der Waals surface area (Å²) in [6.45, 7) is 2.88. The van der Waals surface area contributed by atoms with Gasteiger partial charge in [-0.05, 0) is 49.9 Å². The second kappa shape index (κ2) is 5.37. The van der Waals surface area contributed by atoms with Crippen LogP contribution in [0.15, 0.2) is 24.4 Å². The van der Waals surface area contributed by atoms with Crippen LogP contribution >= 0.6 is 11.3 Å². The number of aromatic nitrogens is 3. The number of hydrogen-bond acceptors (Lipinski definition) is 5. The van der Waals surface area contributed by atoms with Crippen molar-refractivity contribution in [1.29, 1.82) is 0 Å². The lowest BCUT2D eigenvalue weighted by atomic mass is 10.2. The first-order chi connectivity index (χ1) is 10.7. The molecule has 0 bridgehead atoms. The molecule has 4 rings (SSSR count). The van der Waals surface area contributed by atoms with Gasteiger partial charge in [0.25, 0.3) is 0 Å². The van der Waals surface area contributed by atoms with Crippen molar-refractivity contribution in [2.45, 2.75) is 32.4 Å². The zero-order valence-electron chi connectivity index (χ0n) is 12.5. The number of nitrogens with two attached hydrogens (primary N) is 1. The number of pyridine rings is 1. The minimum absolute atomic E-state index is 0.0445. The second-order valence-corrected chi connectivity index (χ2v) is 6.72. The predicted molar refractivity (Wildman–Crippen MR) is 88.8 cm³/mol. The van der Waals surface area contributed by atoms with E-state index in [0.29, 0.717) is 5.82 Å². The molecule has 1 unspecified atom stereocenters. The van der Waals surface area contributed by atoms with Gasteiger partial charge in [-0.2, -0.15) is 5.10 Å². The van der Waals surface area contributed by atoms with Crippen LogP contribution in [-0.2, 0) is 4.74 Å².